The molecule has 0 saturated carbocycles. The second kappa shape index (κ2) is 7.52. The van der Waals surface area contributed by atoms with Crippen LogP contribution in [-0.4, -0.2) is 6.29 Å². The van der Waals surface area contributed by atoms with Gasteiger partial charge in [-0.05, 0) is 25.2 Å². The fourth-order valence-electron chi connectivity index (χ4n) is 0.947. The Hall–Kier alpha value is -0.590. The molecule has 0 N–H and O–H groups in total. The minimum absolute atomic E-state index is 0.550. The first-order valence-corrected chi connectivity index (χ1v) is 4.39. The van der Waals surface area contributed by atoms with E-state index in [2.05, 4.69) is 26.0 Å². The maximum Gasteiger partial charge on any atom is 0.120 e. The zero-order chi connectivity index (χ0) is 8.53. The van der Waals surface area contributed by atoms with E-state index in [-0.39, 0.29) is 0 Å². The molecule has 0 aromatic carbocycles. The summed E-state index contributed by atoms with van der Waals surface area (Å²) in [6.07, 6.45) is 9.45. The summed E-state index contributed by atoms with van der Waals surface area (Å²) < 4.78 is 0. The lowest BCUT2D eigenvalue weighted by atomic mass is 10.0. The number of carbonyl (C=O) groups excluding carboxylic acids is 1. The molecule has 0 amide bonds. The molecule has 1 nitrogen and oxygen atoms in total. The number of hydrogen-bond acceptors (Lipinski definition) is 1. The highest BCUT2D eigenvalue weighted by Crippen LogP contribution is 2.08. The fraction of sp³-hybridized carbons (Fsp3) is 0.700. The molecule has 1 unspecified atom stereocenters. The predicted octanol–water partition coefficient (Wildman–Crippen LogP) is 2.96. The molecule has 0 heterocycles. The Balaban J connectivity index is 3.22. The normalized spacial score (nSPS) is 13.6. The monoisotopic (exact) mass is 154 g/mol. The molecule has 0 spiro atoms. The van der Waals surface area contributed by atoms with Crippen LogP contribution < -0.4 is 0 Å². The zero-order valence-corrected chi connectivity index (χ0v) is 7.55. The fourth-order valence-corrected chi connectivity index (χ4v) is 0.947. The SMILES string of the molecule is CC/C=C/CCC(C)CC=O. The average Bonchev–Trinajstić information content (AvgIpc) is 1.99. The molecular weight excluding hydrogens is 136 g/mol. The predicted molar refractivity (Wildman–Crippen MR) is 48.5 cm³/mol. The number of rotatable bonds is 6. The van der Waals surface area contributed by atoms with Crippen molar-refractivity contribution in [3.05, 3.63) is 12.2 Å². The van der Waals surface area contributed by atoms with E-state index in [4.69, 9.17) is 0 Å². The molecule has 1 heteroatoms. The van der Waals surface area contributed by atoms with E-state index in [1.165, 1.54) is 0 Å². The van der Waals surface area contributed by atoms with Crippen molar-refractivity contribution in [3.8, 4) is 0 Å². The number of carbonyl (C=O) groups is 1. The van der Waals surface area contributed by atoms with Crippen molar-refractivity contribution < 1.29 is 4.79 Å². The largest absolute Gasteiger partial charge is 0.303 e. The highest BCUT2D eigenvalue weighted by atomic mass is 16.1. The molecule has 0 aliphatic rings. The summed E-state index contributed by atoms with van der Waals surface area (Å²) in [5.41, 5.74) is 0. The maximum atomic E-state index is 10.1. The Morgan fingerprint density at radius 1 is 1.36 bits per heavy atom. The van der Waals surface area contributed by atoms with Crippen LogP contribution in [0.15, 0.2) is 12.2 Å². The molecule has 11 heavy (non-hydrogen) atoms. The highest BCUT2D eigenvalue weighted by molar-refractivity contribution is 5.49. The van der Waals surface area contributed by atoms with E-state index < -0.39 is 0 Å². The van der Waals surface area contributed by atoms with Gasteiger partial charge in [0, 0.05) is 6.42 Å². The van der Waals surface area contributed by atoms with Gasteiger partial charge in [-0.15, -0.1) is 0 Å². The number of hydrogen-bond donors (Lipinski definition) is 0. The van der Waals surface area contributed by atoms with Crippen LogP contribution >= 0.6 is 0 Å². The lowest BCUT2D eigenvalue weighted by Crippen LogP contribution is -1.93. The van der Waals surface area contributed by atoms with Crippen LogP contribution in [0, 0.1) is 5.92 Å². The third kappa shape index (κ3) is 7.31. The Morgan fingerprint density at radius 3 is 2.64 bits per heavy atom. The first-order valence-electron chi connectivity index (χ1n) is 4.39. The van der Waals surface area contributed by atoms with Crippen LogP contribution in [-0.2, 0) is 4.79 Å². The van der Waals surface area contributed by atoms with Gasteiger partial charge in [0.05, 0.1) is 0 Å². The minimum Gasteiger partial charge on any atom is -0.303 e. The van der Waals surface area contributed by atoms with Crippen LogP contribution in [0.3, 0.4) is 0 Å². The van der Waals surface area contributed by atoms with Gasteiger partial charge in [0.25, 0.3) is 0 Å². The molecule has 0 radical (unpaired) electrons. The third-order valence-corrected chi connectivity index (χ3v) is 1.73. The Kier molecular flexibility index (Phi) is 7.11. The maximum absolute atomic E-state index is 10.1. The summed E-state index contributed by atoms with van der Waals surface area (Å²) in [4.78, 5) is 10.1. The summed E-state index contributed by atoms with van der Waals surface area (Å²) in [6, 6.07) is 0. The second-order valence-electron chi connectivity index (χ2n) is 2.96. The Labute approximate surface area is 69.5 Å². The van der Waals surface area contributed by atoms with Gasteiger partial charge in [-0.3, -0.25) is 0 Å². The smallest absolute Gasteiger partial charge is 0.120 e. The summed E-state index contributed by atoms with van der Waals surface area (Å²) in [5.74, 6) is 0.550. The van der Waals surface area contributed by atoms with E-state index in [1.807, 2.05) is 0 Å². The van der Waals surface area contributed by atoms with Crippen LogP contribution in [0.2, 0.25) is 0 Å². The van der Waals surface area contributed by atoms with Gasteiger partial charge in [-0.2, -0.15) is 0 Å². The average molecular weight is 154 g/mol. The second-order valence-corrected chi connectivity index (χ2v) is 2.96. The lowest BCUT2D eigenvalue weighted by molar-refractivity contribution is -0.108. The quantitative estimate of drug-likeness (QED) is 0.424. The topological polar surface area (TPSA) is 17.1 Å². The van der Waals surface area contributed by atoms with Gasteiger partial charge < -0.3 is 4.79 Å². The van der Waals surface area contributed by atoms with E-state index in [1.54, 1.807) is 0 Å². The molecule has 0 bridgehead atoms. The summed E-state index contributed by atoms with van der Waals surface area (Å²) >= 11 is 0. The third-order valence-electron chi connectivity index (χ3n) is 1.73. The highest BCUT2D eigenvalue weighted by Gasteiger charge is 1.97. The molecule has 64 valence electrons. The van der Waals surface area contributed by atoms with Gasteiger partial charge in [0.2, 0.25) is 0 Å². The lowest BCUT2D eigenvalue weighted by Gasteiger charge is -2.03. The van der Waals surface area contributed by atoms with Gasteiger partial charge in [-0.1, -0.05) is 26.0 Å². The molecular formula is C10H18O. The summed E-state index contributed by atoms with van der Waals surface area (Å²) in [7, 11) is 0. The summed E-state index contributed by atoms with van der Waals surface area (Å²) in [6.45, 7) is 4.25. The van der Waals surface area contributed by atoms with Crippen molar-refractivity contribution in [2.45, 2.75) is 39.5 Å². The summed E-state index contributed by atoms with van der Waals surface area (Å²) in [5, 5.41) is 0. The van der Waals surface area contributed by atoms with Crippen LogP contribution in [0.25, 0.3) is 0 Å². The van der Waals surface area contributed by atoms with Crippen molar-refractivity contribution in [1.29, 1.82) is 0 Å². The Morgan fingerprint density at radius 2 is 2.09 bits per heavy atom. The Bertz CT molecular complexity index is 116. The van der Waals surface area contributed by atoms with E-state index in [0.717, 1.165) is 25.5 Å². The number of allylic oxidation sites excluding steroid dienone is 2. The molecule has 0 aliphatic heterocycles. The first kappa shape index (κ1) is 10.4. The standard InChI is InChI=1S/C10H18O/c1-3-4-5-6-7-10(2)8-9-11/h4-5,9-10H,3,6-8H2,1-2H3/b5-4+. The van der Waals surface area contributed by atoms with Crippen LogP contribution in [0.1, 0.15) is 39.5 Å². The van der Waals surface area contributed by atoms with Crippen molar-refractivity contribution >= 4 is 6.29 Å². The van der Waals surface area contributed by atoms with Crippen LogP contribution in [0.5, 0.6) is 0 Å². The van der Waals surface area contributed by atoms with Crippen molar-refractivity contribution in [3.63, 3.8) is 0 Å². The zero-order valence-electron chi connectivity index (χ0n) is 7.55. The van der Waals surface area contributed by atoms with Gasteiger partial charge in [0.15, 0.2) is 0 Å². The van der Waals surface area contributed by atoms with Gasteiger partial charge in [0.1, 0.15) is 6.29 Å². The van der Waals surface area contributed by atoms with Crippen LogP contribution in [0.4, 0.5) is 0 Å². The molecule has 0 aromatic heterocycles. The molecule has 0 aliphatic carbocycles. The molecule has 0 rings (SSSR count). The molecule has 0 saturated heterocycles. The van der Waals surface area contributed by atoms with E-state index in [0.29, 0.717) is 12.3 Å². The molecule has 1 atom stereocenters. The van der Waals surface area contributed by atoms with Crippen molar-refractivity contribution in [2.24, 2.45) is 5.92 Å². The van der Waals surface area contributed by atoms with Gasteiger partial charge >= 0.3 is 0 Å². The molecule has 0 fully saturated rings. The van der Waals surface area contributed by atoms with Gasteiger partial charge in [-0.25, -0.2) is 0 Å². The van der Waals surface area contributed by atoms with Crippen molar-refractivity contribution in [1.82, 2.24) is 0 Å². The van der Waals surface area contributed by atoms with E-state index in [9.17, 15) is 4.79 Å². The first-order chi connectivity index (χ1) is 5.31. The minimum atomic E-state index is 0.550. The molecule has 0 aromatic rings. The number of aldehydes is 1. The van der Waals surface area contributed by atoms with Crippen molar-refractivity contribution in [2.75, 3.05) is 0 Å². The van der Waals surface area contributed by atoms with E-state index >= 15 is 0 Å².